The first-order valence-electron chi connectivity index (χ1n) is 7.97. The number of ketones is 1. The van der Waals surface area contributed by atoms with Crippen molar-refractivity contribution in [1.82, 2.24) is 9.78 Å². The van der Waals surface area contributed by atoms with Gasteiger partial charge < -0.3 is 4.74 Å². The minimum Gasteiger partial charge on any atom is -0.454 e. The lowest BCUT2D eigenvalue weighted by atomic mass is 10.1. The van der Waals surface area contributed by atoms with Crippen LogP contribution in [0.25, 0.3) is 5.69 Å². The third-order valence-electron chi connectivity index (χ3n) is 3.80. The van der Waals surface area contributed by atoms with E-state index in [1.165, 1.54) is 36.5 Å². The molecular formula is C19H10Cl4N2O4. The Hall–Kier alpha value is -2.38. The van der Waals surface area contributed by atoms with E-state index in [-0.39, 0.29) is 31.9 Å². The molecule has 10 heteroatoms. The van der Waals surface area contributed by atoms with Crippen LogP contribution >= 0.6 is 46.4 Å². The summed E-state index contributed by atoms with van der Waals surface area (Å²) in [5.74, 6) is -1.30. The van der Waals surface area contributed by atoms with Crippen molar-refractivity contribution in [2.75, 3.05) is 6.61 Å². The highest BCUT2D eigenvalue weighted by Gasteiger charge is 2.19. The summed E-state index contributed by atoms with van der Waals surface area (Å²) in [7, 11) is 0. The number of rotatable bonds is 5. The molecule has 1 aromatic heterocycles. The van der Waals surface area contributed by atoms with Crippen molar-refractivity contribution in [3.63, 3.8) is 0 Å². The fourth-order valence-corrected chi connectivity index (χ4v) is 2.93. The predicted molar refractivity (Wildman–Crippen MR) is 111 cm³/mol. The summed E-state index contributed by atoms with van der Waals surface area (Å²) in [5, 5.41) is 4.16. The molecule has 0 amide bonds. The molecule has 0 aliphatic carbocycles. The second kappa shape index (κ2) is 8.97. The Morgan fingerprint density at radius 3 is 2.41 bits per heavy atom. The lowest BCUT2D eigenvalue weighted by Crippen LogP contribution is -2.24. The summed E-state index contributed by atoms with van der Waals surface area (Å²) in [6.07, 6.45) is 1.18. The molecule has 0 N–H and O–H groups in total. The normalized spacial score (nSPS) is 10.6. The van der Waals surface area contributed by atoms with E-state index in [9.17, 15) is 14.4 Å². The van der Waals surface area contributed by atoms with Gasteiger partial charge in [0.2, 0.25) is 0 Å². The number of carbonyl (C=O) groups is 2. The molecule has 0 saturated carbocycles. The molecule has 0 fully saturated rings. The van der Waals surface area contributed by atoms with Gasteiger partial charge in [-0.1, -0.05) is 58.5 Å². The van der Waals surface area contributed by atoms with E-state index >= 15 is 0 Å². The van der Waals surface area contributed by atoms with Gasteiger partial charge in [0.15, 0.2) is 12.4 Å². The maximum absolute atomic E-state index is 12.5. The first kappa shape index (κ1) is 21.3. The monoisotopic (exact) mass is 470 g/mol. The lowest BCUT2D eigenvalue weighted by molar-refractivity contribution is 0.0474. The highest BCUT2D eigenvalue weighted by molar-refractivity contribution is 6.42. The Balaban J connectivity index is 1.84. The van der Waals surface area contributed by atoms with Crippen LogP contribution in [0, 0.1) is 0 Å². The number of hydrogen-bond donors (Lipinski definition) is 0. The second-order valence-corrected chi connectivity index (χ2v) is 7.27. The number of Topliss-reactive ketones (excluding diaryl/α,β-unsaturated/α-hetero) is 1. The zero-order chi connectivity index (χ0) is 21.1. The van der Waals surface area contributed by atoms with E-state index in [1.807, 2.05) is 0 Å². The summed E-state index contributed by atoms with van der Waals surface area (Å²) < 4.78 is 6.03. The van der Waals surface area contributed by atoms with E-state index in [0.29, 0.717) is 5.02 Å². The van der Waals surface area contributed by atoms with Crippen LogP contribution in [0.1, 0.15) is 20.7 Å². The Kier molecular flexibility index (Phi) is 6.59. The minimum atomic E-state index is -0.825. The molecule has 0 bridgehead atoms. The van der Waals surface area contributed by atoms with Crippen molar-refractivity contribution < 1.29 is 14.3 Å². The molecular weight excluding hydrogens is 462 g/mol. The number of benzene rings is 2. The summed E-state index contributed by atoms with van der Waals surface area (Å²) in [6, 6.07) is 10.4. The maximum Gasteiger partial charge on any atom is 0.340 e. The highest BCUT2D eigenvalue weighted by atomic mass is 35.5. The van der Waals surface area contributed by atoms with Gasteiger partial charge in [0.05, 0.1) is 32.5 Å². The van der Waals surface area contributed by atoms with Crippen molar-refractivity contribution in [2.24, 2.45) is 0 Å². The van der Waals surface area contributed by atoms with Gasteiger partial charge in [-0.15, -0.1) is 0 Å². The van der Waals surface area contributed by atoms with E-state index in [1.54, 1.807) is 12.1 Å². The number of esters is 1. The Morgan fingerprint density at radius 1 is 0.966 bits per heavy atom. The predicted octanol–water partition coefficient (Wildman–Crippen LogP) is 4.89. The smallest absolute Gasteiger partial charge is 0.340 e. The molecule has 3 aromatic rings. The molecule has 0 aliphatic heterocycles. The highest BCUT2D eigenvalue weighted by Crippen LogP contribution is 2.23. The Bertz CT molecular complexity index is 1180. The summed E-state index contributed by atoms with van der Waals surface area (Å²) in [5.41, 5.74) is -0.320. The maximum atomic E-state index is 12.5. The molecule has 0 saturated heterocycles. The van der Waals surface area contributed by atoms with Crippen LogP contribution in [-0.4, -0.2) is 28.1 Å². The molecule has 148 valence electrons. The quantitative estimate of drug-likeness (QED) is 0.391. The molecule has 1 heterocycles. The van der Waals surface area contributed by atoms with E-state index in [2.05, 4.69) is 5.10 Å². The van der Waals surface area contributed by atoms with Crippen molar-refractivity contribution >= 4 is 58.2 Å². The summed E-state index contributed by atoms with van der Waals surface area (Å²) in [6.45, 7) is -0.533. The van der Waals surface area contributed by atoms with Crippen LogP contribution in [0.4, 0.5) is 0 Å². The average molecular weight is 472 g/mol. The second-order valence-electron chi connectivity index (χ2n) is 5.67. The lowest BCUT2D eigenvalue weighted by Gasteiger charge is -2.11. The van der Waals surface area contributed by atoms with E-state index < -0.39 is 23.9 Å². The molecule has 0 aliphatic rings. The molecule has 0 radical (unpaired) electrons. The van der Waals surface area contributed by atoms with E-state index in [0.717, 1.165) is 4.68 Å². The molecule has 6 nitrogen and oxygen atoms in total. The molecule has 29 heavy (non-hydrogen) atoms. The third-order valence-corrected chi connectivity index (χ3v) is 5.29. The van der Waals surface area contributed by atoms with Gasteiger partial charge in [0.1, 0.15) is 5.02 Å². The Labute approximate surface area is 184 Å². The van der Waals surface area contributed by atoms with Crippen LogP contribution in [-0.2, 0) is 4.74 Å². The zero-order valence-corrected chi connectivity index (χ0v) is 17.4. The number of carbonyl (C=O) groups excluding carboxylic acids is 2. The molecule has 0 atom stereocenters. The summed E-state index contributed by atoms with van der Waals surface area (Å²) in [4.78, 5) is 37.1. The number of halogens is 4. The van der Waals surface area contributed by atoms with Gasteiger partial charge in [-0.25, -0.2) is 4.79 Å². The number of nitrogens with zero attached hydrogens (tertiary/aromatic N) is 2. The zero-order valence-electron chi connectivity index (χ0n) is 14.4. The van der Waals surface area contributed by atoms with Gasteiger partial charge in [0.25, 0.3) is 5.56 Å². The number of hydrogen-bond acceptors (Lipinski definition) is 5. The van der Waals surface area contributed by atoms with Gasteiger partial charge in [-0.05, 0) is 30.3 Å². The van der Waals surface area contributed by atoms with Crippen LogP contribution in [0.2, 0.25) is 20.1 Å². The molecule has 3 rings (SSSR count). The van der Waals surface area contributed by atoms with Crippen LogP contribution in [0.15, 0.2) is 53.5 Å². The first-order chi connectivity index (χ1) is 13.8. The number of ether oxygens (including phenoxy) is 1. The van der Waals surface area contributed by atoms with Gasteiger partial charge in [-0.3, -0.25) is 9.59 Å². The SMILES string of the molecule is O=C(COC(=O)c1ccccc1-n1ncc(Cl)c(Cl)c1=O)c1ccc(Cl)c(Cl)c1. The Morgan fingerprint density at radius 2 is 1.69 bits per heavy atom. The van der Waals surface area contributed by atoms with Gasteiger partial charge in [-0.2, -0.15) is 9.78 Å². The van der Waals surface area contributed by atoms with Gasteiger partial charge >= 0.3 is 5.97 Å². The summed E-state index contributed by atoms with van der Waals surface area (Å²) >= 11 is 23.4. The average Bonchev–Trinajstić information content (AvgIpc) is 2.72. The van der Waals surface area contributed by atoms with Crippen LogP contribution in [0.5, 0.6) is 0 Å². The topological polar surface area (TPSA) is 78.3 Å². The fraction of sp³-hybridized carbons (Fsp3) is 0.0526. The van der Waals surface area contributed by atoms with Gasteiger partial charge in [0, 0.05) is 5.56 Å². The fourth-order valence-electron chi connectivity index (χ4n) is 2.38. The molecule has 0 unspecified atom stereocenters. The third kappa shape index (κ3) is 4.62. The largest absolute Gasteiger partial charge is 0.454 e. The van der Waals surface area contributed by atoms with Crippen molar-refractivity contribution in [3.05, 3.63) is 90.2 Å². The number of aromatic nitrogens is 2. The van der Waals surface area contributed by atoms with Crippen molar-refractivity contribution in [3.8, 4) is 5.69 Å². The van der Waals surface area contributed by atoms with Crippen molar-refractivity contribution in [2.45, 2.75) is 0 Å². The van der Waals surface area contributed by atoms with Crippen LogP contribution < -0.4 is 5.56 Å². The molecule has 0 spiro atoms. The van der Waals surface area contributed by atoms with Crippen molar-refractivity contribution in [1.29, 1.82) is 0 Å². The first-order valence-corrected chi connectivity index (χ1v) is 9.49. The standard InChI is InChI=1S/C19H10Cl4N2O4/c20-12-6-5-10(7-13(12)21)16(26)9-29-19(28)11-3-1-2-4-15(11)25-18(27)17(23)14(22)8-24-25/h1-8H,9H2. The van der Waals surface area contributed by atoms with E-state index in [4.69, 9.17) is 51.1 Å². The molecule has 2 aromatic carbocycles. The minimum absolute atomic E-state index is 0.0137. The number of para-hydroxylation sites is 1. The van der Waals surface area contributed by atoms with Crippen LogP contribution in [0.3, 0.4) is 0 Å².